The average molecular weight is 324 g/mol. The Labute approximate surface area is 132 Å². The van der Waals surface area contributed by atoms with E-state index in [2.05, 4.69) is 10.2 Å². The summed E-state index contributed by atoms with van der Waals surface area (Å²) in [7, 11) is 0. The van der Waals surface area contributed by atoms with Crippen LogP contribution in [0.3, 0.4) is 0 Å². The van der Waals surface area contributed by atoms with E-state index in [1.54, 1.807) is 17.0 Å². The predicted molar refractivity (Wildman–Crippen MR) is 79.3 cm³/mol. The Balaban J connectivity index is 1.76. The van der Waals surface area contributed by atoms with E-state index >= 15 is 0 Å². The van der Waals surface area contributed by atoms with Gasteiger partial charge < -0.3 is 9.64 Å². The van der Waals surface area contributed by atoms with Crippen molar-refractivity contribution in [3.63, 3.8) is 0 Å². The lowest BCUT2D eigenvalue weighted by Crippen LogP contribution is -2.42. The van der Waals surface area contributed by atoms with Gasteiger partial charge in [-0.25, -0.2) is 4.39 Å². The summed E-state index contributed by atoms with van der Waals surface area (Å²) in [6, 6.07) is 6.17. The van der Waals surface area contributed by atoms with Gasteiger partial charge in [-0.15, -0.1) is 0 Å². The van der Waals surface area contributed by atoms with Crippen LogP contribution in [-0.4, -0.2) is 40.7 Å². The van der Waals surface area contributed by atoms with E-state index in [0.717, 1.165) is 11.3 Å². The number of aromatic nitrogens is 2. The van der Waals surface area contributed by atoms with E-state index in [-0.39, 0.29) is 17.0 Å². The van der Waals surface area contributed by atoms with Crippen LogP contribution < -0.4 is 0 Å². The number of halogens is 2. The number of H-pyrrole nitrogens is 1. The van der Waals surface area contributed by atoms with E-state index < -0.39 is 5.82 Å². The Morgan fingerprint density at radius 2 is 2.32 bits per heavy atom. The number of amides is 1. The molecule has 22 heavy (non-hydrogen) atoms. The van der Waals surface area contributed by atoms with Gasteiger partial charge in [0, 0.05) is 12.2 Å². The largest absolute Gasteiger partial charge is 0.370 e. The summed E-state index contributed by atoms with van der Waals surface area (Å²) >= 11 is 5.81. The zero-order chi connectivity index (χ0) is 15.7. The highest BCUT2D eigenvalue weighted by Crippen LogP contribution is 2.26. The topological polar surface area (TPSA) is 58.2 Å². The number of rotatable bonds is 2. The molecule has 7 heteroatoms. The molecule has 2 aromatic rings. The van der Waals surface area contributed by atoms with Crippen molar-refractivity contribution in [2.24, 2.45) is 0 Å². The molecule has 3 rings (SSSR count). The van der Waals surface area contributed by atoms with Gasteiger partial charge in [0.2, 0.25) is 0 Å². The molecule has 1 fully saturated rings. The minimum Gasteiger partial charge on any atom is -0.370 e. The first-order chi connectivity index (χ1) is 10.5. The van der Waals surface area contributed by atoms with Crippen LogP contribution in [0.15, 0.2) is 24.3 Å². The van der Waals surface area contributed by atoms with E-state index in [4.69, 9.17) is 16.3 Å². The number of aryl methyl sites for hydroxylation is 1. The monoisotopic (exact) mass is 323 g/mol. The van der Waals surface area contributed by atoms with Gasteiger partial charge in [-0.2, -0.15) is 5.10 Å². The maximum atomic E-state index is 13.2. The SMILES string of the molecule is Cc1cc(C(=O)N2CCOC(c3ccc(F)c(Cl)c3)C2)n[nH]1. The molecule has 116 valence electrons. The normalized spacial score (nSPS) is 18.5. The molecule has 1 aliphatic rings. The van der Waals surface area contributed by atoms with Gasteiger partial charge in [0.15, 0.2) is 0 Å². The molecule has 1 aromatic carbocycles. The molecular weight excluding hydrogens is 309 g/mol. The number of ether oxygens (including phenoxy) is 1. The number of nitrogens with one attached hydrogen (secondary N) is 1. The highest BCUT2D eigenvalue weighted by molar-refractivity contribution is 6.30. The summed E-state index contributed by atoms with van der Waals surface area (Å²) < 4.78 is 18.9. The van der Waals surface area contributed by atoms with Crippen molar-refractivity contribution in [1.82, 2.24) is 15.1 Å². The van der Waals surface area contributed by atoms with Crippen LogP contribution in [0.5, 0.6) is 0 Å². The third-order valence-corrected chi connectivity index (χ3v) is 3.88. The lowest BCUT2D eigenvalue weighted by atomic mass is 10.1. The first-order valence-electron chi connectivity index (χ1n) is 6.92. The van der Waals surface area contributed by atoms with Gasteiger partial charge in [-0.3, -0.25) is 9.89 Å². The zero-order valence-electron chi connectivity index (χ0n) is 12.0. The Hall–Kier alpha value is -1.92. The number of hydrogen-bond donors (Lipinski definition) is 1. The second kappa shape index (κ2) is 6.06. The summed E-state index contributed by atoms with van der Waals surface area (Å²) in [4.78, 5) is 14.1. The standard InChI is InChI=1S/C15H15ClFN3O2/c1-9-6-13(19-18-9)15(21)20-4-5-22-14(8-20)10-2-3-12(17)11(16)7-10/h2-3,6-7,14H,4-5,8H2,1H3,(H,18,19). The van der Waals surface area contributed by atoms with Gasteiger partial charge >= 0.3 is 0 Å². The molecule has 0 bridgehead atoms. The number of hydrogen-bond acceptors (Lipinski definition) is 3. The van der Waals surface area contributed by atoms with Crippen LogP contribution in [0.2, 0.25) is 5.02 Å². The summed E-state index contributed by atoms with van der Waals surface area (Å²) in [6.07, 6.45) is -0.323. The maximum absolute atomic E-state index is 13.2. The van der Waals surface area contributed by atoms with E-state index in [9.17, 15) is 9.18 Å². The maximum Gasteiger partial charge on any atom is 0.274 e. The number of benzene rings is 1. The van der Waals surface area contributed by atoms with Crippen molar-refractivity contribution >= 4 is 17.5 Å². The Bertz CT molecular complexity index is 704. The molecule has 1 aliphatic heterocycles. The number of nitrogens with zero attached hydrogens (tertiary/aromatic N) is 2. The molecule has 1 saturated heterocycles. The summed E-state index contributed by atoms with van der Waals surface area (Å²) in [6.45, 7) is 3.13. The Morgan fingerprint density at radius 1 is 1.50 bits per heavy atom. The quantitative estimate of drug-likeness (QED) is 0.924. The smallest absolute Gasteiger partial charge is 0.274 e. The zero-order valence-corrected chi connectivity index (χ0v) is 12.7. The summed E-state index contributed by atoms with van der Waals surface area (Å²) in [5.41, 5.74) is 1.97. The van der Waals surface area contributed by atoms with Crippen LogP contribution in [0.1, 0.15) is 27.8 Å². The van der Waals surface area contributed by atoms with Crippen molar-refractivity contribution in [3.05, 3.63) is 52.1 Å². The minimum atomic E-state index is -0.471. The fraction of sp³-hybridized carbons (Fsp3) is 0.333. The third-order valence-electron chi connectivity index (χ3n) is 3.59. The average Bonchev–Trinajstić information content (AvgIpc) is 2.96. The number of aromatic amines is 1. The molecule has 0 aliphatic carbocycles. The van der Waals surface area contributed by atoms with Gasteiger partial charge in [0.25, 0.3) is 5.91 Å². The Morgan fingerprint density at radius 3 is 3.00 bits per heavy atom. The first-order valence-corrected chi connectivity index (χ1v) is 7.30. The van der Waals surface area contributed by atoms with Crippen molar-refractivity contribution in [3.8, 4) is 0 Å². The molecule has 1 unspecified atom stereocenters. The molecule has 0 radical (unpaired) electrons. The lowest BCUT2D eigenvalue weighted by molar-refractivity contribution is -0.0230. The predicted octanol–water partition coefficient (Wildman–Crippen LogP) is 2.72. The van der Waals surface area contributed by atoms with Gasteiger partial charge in [0.05, 0.1) is 18.2 Å². The van der Waals surface area contributed by atoms with Crippen molar-refractivity contribution in [2.75, 3.05) is 19.7 Å². The fourth-order valence-electron chi connectivity index (χ4n) is 2.44. The number of carbonyl (C=O) groups is 1. The van der Waals surface area contributed by atoms with E-state index in [0.29, 0.717) is 25.4 Å². The fourth-order valence-corrected chi connectivity index (χ4v) is 2.63. The minimum absolute atomic E-state index is 0.0486. The lowest BCUT2D eigenvalue weighted by Gasteiger charge is -2.32. The van der Waals surface area contributed by atoms with E-state index in [1.807, 2.05) is 6.92 Å². The third kappa shape index (κ3) is 2.98. The summed E-state index contributed by atoms with van der Waals surface area (Å²) in [5, 5.41) is 6.79. The van der Waals surface area contributed by atoms with Crippen LogP contribution in [0, 0.1) is 12.7 Å². The van der Waals surface area contributed by atoms with Crippen LogP contribution in [0.25, 0.3) is 0 Å². The van der Waals surface area contributed by atoms with Crippen LogP contribution in [0.4, 0.5) is 4.39 Å². The van der Waals surface area contributed by atoms with E-state index in [1.165, 1.54) is 12.1 Å². The molecule has 1 atom stereocenters. The molecule has 0 saturated carbocycles. The number of morpholine rings is 1. The second-order valence-corrected chi connectivity index (χ2v) is 5.63. The summed E-state index contributed by atoms with van der Waals surface area (Å²) in [5.74, 6) is -0.619. The number of carbonyl (C=O) groups excluding carboxylic acids is 1. The van der Waals surface area contributed by atoms with Crippen LogP contribution >= 0.6 is 11.6 Å². The van der Waals surface area contributed by atoms with Gasteiger partial charge in [-0.05, 0) is 30.7 Å². The molecule has 1 N–H and O–H groups in total. The second-order valence-electron chi connectivity index (χ2n) is 5.22. The van der Waals surface area contributed by atoms with Crippen molar-refractivity contribution < 1.29 is 13.9 Å². The van der Waals surface area contributed by atoms with Gasteiger partial charge in [-0.1, -0.05) is 17.7 Å². The Kier molecular flexibility index (Phi) is 4.13. The van der Waals surface area contributed by atoms with Crippen molar-refractivity contribution in [2.45, 2.75) is 13.0 Å². The highest BCUT2D eigenvalue weighted by Gasteiger charge is 2.27. The molecule has 2 heterocycles. The van der Waals surface area contributed by atoms with Crippen molar-refractivity contribution in [1.29, 1.82) is 0 Å². The molecule has 1 aromatic heterocycles. The molecular formula is C15H15ClFN3O2. The van der Waals surface area contributed by atoms with Gasteiger partial charge in [0.1, 0.15) is 17.6 Å². The highest BCUT2D eigenvalue weighted by atomic mass is 35.5. The van der Waals surface area contributed by atoms with Crippen LogP contribution in [-0.2, 0) is 4.74 Å². The first kappa shape index (κ1) is 15.0. The molecule has 1 amide bonds. The molecule has 0 spiro atoms. The molecule has 5 nitrogen and oxygen atoms in total.